The largest absolute Gasteiger partial charge is 0.377 e. The van der Waals surface area contributed by atoms with Gasteiger partial charge in [-0.25, -0.2) is 0 Å². The smallest absolute Gasteiger partial charge is 0.237 e. The van der Waals surface area contributed by atoms with Crippen LogP contribution >= 0.6 is 11.8 Å². The Hall–Kier alpha value is -0.260. The number of carbonyl (C=O) groups excluding carboxylic acids is 1. The zero-order valence-electron chi connectivity index (χ0n) is 10.6. The third kappa shape index (κ3) is 5.75. The van der Waals surface area contributed by atoms with E-state index in [2.05, 4.69) is 0 Å². The van der Waals surface area contributed by atoms with E-state index in [0.29, 0.717) is 12.5 Å². The van der Waals surface area contributed by atoms with Gasteiger partial charge in [-0.05, 0) is 38.4 Å². The average Bonchev–Trinajstić information content (AvgIpc) is 2.75. The maximum Gasteiger partial charge on any atom is 0.237 e. The fourth-order valence-corrected chi connectivity index (χ4v) is 2.91. The van der Waals surface area contributed by atoms with Gasteiger partial charge >= 0.3 is 0 Å². The number of unbranched alkanes of at least 4 members (excludes halogenated alkanes) is 1. The fraction of sp³-hybridized carbons (Fsp3) is 0.917. The third-order valence-corrected chi connectivity index (χ3v) is 4.31. The van der Waals surface area contributed by atoms with Gasteiger partial charge in [0, 0.05) is 12.4 Å². The van der Waals surface area contributed by atoms with E-state index in [1.165, 1.54) is 12.8 Å². The standard InChI is InChI=1S/C12H24N2O2S/c1-12(14,11(13)15)6-2-3-8-17-9-10-5-4-7-16-10/h10H,2-9,14H2,1H3,(H2,13,15). The Morgan fingerprint density at radius 1 is 1.53 bits per heavy atom. The molecule has 100 valence electrons. The monoisotopic (exact) mass is 260 g/mol. The van der Waals surface area contributed by atoms with Gasteiger partial charge in [0.25, 0.3) is 0 Å². The Kier molecular flexibility index (Phi) is 6.30. The zero-order chi connectivity index (χ0) is 12.7. The lowest BCUT2D eigenvalue weighted by Crippen LogP contribution is -2.49. The molecule has 4 N–H and O–H groups in total. The number of rotatable bonds is 8. The summed E-state index contributed by atoms with van der Waals surface area (Å²) in [5.41, 5.74) is 10.1. The number of hydrogen-bond donors (Lipinski definition) is 2. The summed E-state index contributed by atoms with van der Waals surface area (Å²) in [6.45, 7) is 2.63. The molecule has 1 fully saturated rings. The van der Waals surface area contributed by atoms with Crippen LogP contribution in [0.5, 0.6) is 0 Å². The lowest BCUT2D eigenvalue weighted by atomic mass is 9.96. The van der Waals surface area contributed by atoms with E-state index < -0.39 is 11.4 Å². The van der Waals surface area contributed by atoms with Gasteiger partial charge in [0.15, 0.2) is 0 Å². The molecule has 0 radical (unpaired) electrons. The van der Waals surface area contributed by atoms with E-state index in [9.17, 15) is 4.79 Å². The molecule has 1 aliphatic rings. The predicted molar refractivity (Wildman–Crippen MR) is 71.9 cm³/mol. The van der Waals surface area contributed by atoms with E-state index in [-0.39, 0.29) is 0 Å². The summed E-state index contributed by atoms with van der Waals surface area (Å²) < 4.78 is 5.54. The molecule has 2 unspecified atom stereocenters. The first-order valence-electron chi connectivity index (χ1n) is 6.30. The molecule has 0 spiro atoms. The molecule has 4 nitrogen and oxygen atoms in total. The summed E-state index contributed by atoms with van der Waals surface area (Å²) in [5, 5.41) is 0. The van der Waals surface area contributed by atoms with Crippen LogP contribution in [-0.2, 0) is 9.53 Å². The highest BCUT2D eigenvalue weighted by atomic mass is 32.2. The highest BCUT2D eigenvalue weighted by Crippen LogP contribution is 2.18. The van der Waals surface area contributed by atoms with E-state index in [1.54, 1.807) is 6.92 Å². The zero-order valence-corrected chi connectivity index (χ0v) is 11.4. The second-order valence-electron chi connectivity index (χ2n) is 4.95. The summed E-state index contributed by atoms with van der Waals surface area (Å²) in [6, 6.07) is 0. The number of primary amides is 1. The van der Waals surface area contributed by atoms with E-state index in [1.807, 2.05) is 11.8 Å². The van der Waals surface area contributed by atoms with Gasteiger partial charge in [-0.15, -0.1) is 0 Å². The molecule has 0 aliphatic carbocycles. The number of amides is 1. The fourth-order valence-electron chi connectivity index (χ4n) is 1.81. The second-order valence-corrected chi connectivity index (χ2v) is 6.10. The molecule has 2 atom stereocenters. The summed E-state index contributed by atoms with van der Waals surface area (Å²) in [5.74, 6) is 1.79. The minimum absolute atomic E-state index is 0.412. The summed E-state index contributed by atoms with van der Waals surface area (Å²) in [7, 11) is 0. The molecule has 1 rings (SSSR count). The van der Waals surface area contributed by atoms with E-state index >= 15 is 0 Å². The van der Waals surface area contributed by atoms with Crippen molar-refractivity contribution in [1.29, 1.82) is 0 Å². The van der Waals surface area contributed by atoms with Gasteiger partial charge in [0.2, 0.25) is 5.91 Å². The molecule has 0 saturated carbocycles. The number of hydrogen-bond acceptors (Lipinski definition) is 4. The molecule has 1 heterocycles. The van der Waals surface area contributed by atoms with Crippen molar-refractivity contribution in [1.82, 2.24) is 0 Å². The molecule has 17 heavy (non-hydrogen) atoms. The van der Waals surface area contributed by atoms with Crippen molar-refractivity contribution in [2.75, 3.05) is 18.1 Å². The van der Waals surface area contributed by atoms with Crippen LogP contribution in [0.1, 0.15) is 39.0 Å². The Labute approximate surface area is 108 Å². The van der Waals surface area contributed by atoms with Crippen molar-refractivity contribution in [2.24, 2.45) is 11.5 Å². The minimum Gasteiger partial charge on any atom is -0.377 e. The molecular weight excluding hydrogens is 236 g/mol. The van der Waals surface area contributed by atoms with Gasteiger partial charge in [0.05, 0.1) is 11.6 Å². The van der Waals surface area contributed by atoms with Crippen LogP contribution in [-0.4, -0.2) is 35.7 Å². The van der Waals surface area contributed by atoms with Crippen LogP contribution in [0.4, 0.5) is 0 Å². The van der Waals surface area contributed by atoms with Gasteiger partial charge in [0.1, 0.15) is 0 Å². The first-order valence-corrected chi connectivity index (χ1v) is 7.46. The third-order valence-electron chi connectivity index (χ3n) is 3.13. The topological polar surface area (TPSA) is 78.3 Å². The van der Waals surface area contributed by atoms with Crippen molar-refractivity contribution in [3.63, 3.8) is 0 Å². The molecular formula is C12H24N2O2S. The van der Waals surface area contributed by atoms with Crippen LogP contribution in [0.15, 0.2) is 0 Å². The lowest BCUT2D eigenvalue weighted by Gasteiger charge is -2.19. The van der Waals surface area contributed by atoms with Crippen LogP contribution in [0.25, 0.3) is 0 Å². The van der Waals surface area contributed by atoms with Gasteiger partial charge in [-0.1, -0.05) is 6.42 Å². The van der Waals surface area contributed by atoms with Gasteiger partial charge in [-0.2, -0.15) is 11.8 Å². The van der Waals surface area contributed by atoms with Gasteiger partial charge < -0.3 is 16.2 Å². The molecule has 5 heteroatoms. The molecule has 0 bridgehead atoms. The summed E-state index contributed by atoms with van der Waals surface area (Å²) in [6.07, 6.45) is 5.57. The maximum absolute atomic E-state index is 11.0. The quantitative estimate of drug-likeness (QED) is 0.644. The Balaban J connectivity index is 1.95. The molecule has 0 aromatic carbocycles. The van der Waals surface area contributed by atoms with E-state index in [0.717, 1.165) is 31.0 Å². The Morgan fingerprint density at radius 3 is 2.88 bits per heavy atom. The van der Waals surface area contributed by atoms with Crippen molar-refractivity contribution >= 4 is 17.7 Å². The summed E-state index contributed by atoms with van der Waals surface area (Å²) in [4.78, 5) is 11.0. The maximum atomic E-state index is 11.0. The first kappa shape index (κ1) is 14.8. The molecule has 1 aliphatic heterocycles. The summed E-state index contributed by atoms with van der Waals surface area (Å²) >= 11 is 1.93. The Morgan fingerprint density at radius 2 is 2.29 bits per heavy atom. The van der Waals surface area contributed by atoms with Crippen LogP contribution in [0, 0.1) is 0 Å². The van der Waals surface area contributed by atoms with Crippen molar-refractivity contribution in [2.45, 2.75) is 50.7 Å². The predicted octanol–water partition coefficient (Wildman–Crippen LogP) is 1.27. The second kappa shape index (κ2) is 7.24. The van der Waals surface area contributed by atoms with Crippen molar-refractivity contribution in [3.8, 4) is 0 Å². The number of ether oxygens (including phenoxy) is 1. The Bertz CT molecular complexity index is 241. The SMILES string of the molecule is CC(N)(CCCCSCC1CCCO1)C(N)=O. The van der Waals surface area contributed by atoms with Crippen molar-refractivity contribution in [3.05, 3.63) is 0 Å². The number of thioether (sulfide) groups is 1. The lowest BCUT2D eigenvalue weighted by molar-refractivity contribution is -0.122. The highest BCUT2D eigenvalue weighted by Gasteiger charge is 2.24. The molecule has 1 saturated heterocycles. The minimum atomic E-state index is -0.848. The molecule has 0 aromatic rings. The van der Waals surface area contributed by atoms with Crippen LogP contribution in [0.3, 0.4) is 0 Å². The van der Waals surface area contributed by atoms with Crippen molar-refractivity contribution < 1.29 is 9.53 Å². The van der Waals surface area contributed by atoms with Gasteiger partial charge in [-0.3, -0.25) is 4.79 Å². The van der Waals surface area contributed by atoms with Crippen LogP contribution in [0.2, 0.25) is 0 Å². The number of carbonyl (C=O) groups is 1. The highest BCUT2D eigenvalue weighted by molar-refractivity contribution is 7.99. The average molecular weight is 260 g/mol. The molecule has 1 amide bonds. The van der Waals surface area contributed by atoms with Crippen LogP contribution < -0.4 is 11.5 Å². The van der Waals surface area contributed by atoms with E-state index in [4.69, 9.17) is 16.2 Å². The first-order chi connectivity index (χ1) is 8.02. The molecule has 0 aromatic heterocycles. The number of nitrogens with two attached hydrogens (primary N) is 2. The normalized spacial score (nSPS) is 23.5.